The molecule has 0 spiro atoms. The number of aromatic nitrogens is 2. The van der Waals surface area contributed by atoms with E-state index in [0.717, 1.165) is 0 Å². The molecule has 138 valence electrons. The summed E-state index contributed by atoms with van der Waals surface area (Å²) in [4.78, 5) is 30.2. The van der Waals surface area contributed by atoms with E-state index in [9.17, 15) is 9.59 Å². The van der Waals surface area contributed by atoms with Crippen molar-refractivity contribution < 1.29 is 9.53 Å². The smallest absolute Gasteiger partial charge is 0.262 e. The van der Waals surface area contributed by atoms with E-state index in [1.165, 1.54) is 11.8 Å². The molecule has 2 aromatic carbocycles. The topological polar surface area (TPSA) is 61.2 Å². The van der Waals surface area contributed by atoms with E-state index in [2.05, 4.69) is 11.6 Å². The Bertz CT molecular complexity index is 1040. The van der Waals surface area contributed by atoms with Crippen LogP contribution in [-0.4, -0.2) is 27.7 Å². The van der Waals surface area contributed by atoms with Crippen molar-refractivity contribution in [2.45, 2.75) is 23.9 Å². The lowest BCUT2D eigenvalue weighted by molar-refractivity contribution is 0.0994. The van der Waals surface area contributed by atoms with Gasteiger partial charge in [0.15, 0.2) is 10.9 Å². The van der Waals surface area contributed by atoms with Gasteiger partial charge < -0.3 is 4.74 Å². The Balaban J connectivity index is 1.94. The molecular weight excluding hydrogens is 360 g/mol. The lowest BCUT2D eigenvalue weighted by Gasteiger charge is -2.15. The van der Waals surface area contributed by atoms with Gasteiger partial charge in [0.2, 0.25) is 0 Å². The Morgan fingerprint density at radius 3 is 2.63 bits per heavy atom. The molecule has 0 N–H and O–H groups in total. The van der Waals surface area contributed by atoms with E-state index in [0.29, 0.717) is 33.9 Å². The van der Waals surface area contributed by atoms with Crippen molar-refractivity contribution in [3.8, 4) is 5.75 Å². The number of thioether (sulfide) groups is 1. The first-order valence-corrected chi connectivity index (χ1v) is 9.38. The number of fused-ring (bicyclic) bond motifs is 1. The van der Waals surface area contributed by atoms with Gasteiger partial charge in [-0.15, -0.1) is 6.58 Å². The molecule has 1 aromatic heterocycles. The molecule has 5 nitrogen and oxygen atoms in total. The number of ketones is 1. The van der Waals surface area contributed by atoms with Crippen molar-refractivity contribution in [3.63, 3.8) is 0 Å². The van der Waals surface area contributed by atoms with Crippen LogP contribution in [0, 0.1) is 0 Å². The molecule has 0 saturated heterocycles. The van der Waals surface area contributed by atoms with E-state index >= 15 is 0 Å². The highest BCUT2D eigenvalue weighted by Crippen LogP contribution is 2.25. The Morgan fingerprint density at radius 1 is 1.26 bits per heavy atom. The molecule has 1 heterocycles. The predicted molar refractivity (Wildman–Crippen MR) is 109 cm³/mol. The molecule has 3 rings (SSSR count). The molecule has 0 bridgehead atoms. The van der Waals surface area contributed by atoms with Crippen LogP contribution in [-0.2, 0) is 6.54 Å². The number of methoxy groups -OCH3 is 1. The van der Waals surface area contributed by atoms with Crippen molar-refractivity contribution in [1.29, 1.82) is 0 Å². The quantitative estimate of drug-likeness (QED) is 0.269. The summed E-state index contributed by atoms with van der Waals surface area (Å²) < 4.78 is 6.68. The van der Waals surface area contributed by atoms with E-state index in [4.69, 9.17) is 4.74 Å². The van der Waals surface area contributed by atoms with Crippen LogP contribution in [0.4, 0.5) is 0 Å². The fourth-order valence-corrected chi connectivity index (χ4v) is 3.72. The molecule has 3 aromatic rings. The normalized spacial score (nSPS) is 11.9. The summed E-state index contributed by atoms with van der Waals surface area (Å²) in [5.74, 6) is 0.665. The number of benzene rings is 2. The summed E-state index contributed by atoms with van der Waals surface area (Å²) >= 11 is 1.28. The minimum absolute atomic E-state index is 0.0322. The zero-order chi connectivity index (χ0) is 19.4. The maximum atomic E-state index is 12.8. The maximum absolute atomic E-state index is 12.8. The summed E-state index contributed by atoms with van der Waals surface area (Å²) in [7, 11) is 1.58. The lowest BCUT2D eigenvalue weighted by atomic mass is 10.1. The summed E-state index contributed by atoms with van der Waals surface area (Å²) in [6.45, 7) is 5.87. The van der Waals surface area contributed by atoms with Crippen molar-refractivity contribution in [2.24, 2.45) is 0 Å². The first kappa shape index (κ1) is 18.9. The van der Waals surface area contributed by atoms with Crippen LogP contribution < -0.4 is 10.3 Å². The largest absolute Gasteiger partial charge is 0.497 e. The number of carbonyl (C=O) groups is 1. The molecule has 0 amide bonds. The lowest BCUT2D eigenvalue weighted by Crippen LogP contribution is -2.24. The van der Waals surface area contributed by atoms with Crippen LogP contribution in [0.1, 0.15) is 17.3 Å². The van der Waals surface area contributed by atoms with E-state index in [1.54, 1.807) is 54.2 Å². The van der Waals surface area contributed by atoms with Crippen LogP contribution in [0.2, 0.25) is 0 Å². The third-order valence-corrected chi connectivity index (χ3v) is 5.25. The molecule has 0 unspecified atom stereocenters. The van der Waals surface area contributed by atoms with Gasteiger partial charge in [-0.2, -0.15) is 0 Å². The minimum Gasteiger partial charge on any atom is -0.497 e. The fourth-order valence-electron chi connectivity index (χ4n) is 2.73. The van der Waals surface area contributed by atoms with Gasteiger partial charge in [0.05, 0.1) is 23.3 Å². The van der Waals surface area contributed by atoms with Crippen molar-refractivity contribution in [2.75, 3.05) is 7.11 Å². The number of para-hydroxylation sites is 1. The molecule has 6 heteroatoms. The van der Waals surface area contributed by atoms with Crippen molar-refractivity contribution >= 4 is 28.4 Å². The SMILES string of the molecule is C=CCn1c(S[C@H](C)C(=O)c2ccc(OC)cc2)nc2ccccc2c1=O. The molecule has 0 fully saturated rings. The maximum Gasteiger partial charge on any atom is 0.262 e. The molecular formula is C21H20N2O3S. The minimum atomic E-state index is -0.400. The van der Waals surface area contributed by atoms with Crippen LogP contribution in [0.25, 0.3) is 10.9 Å². The molecule has 0 aliphatic heterocycles. The number of ether oxygens (including phenoxy) is 1. The average Bonchev–Trinajstić information content (AvgIpc) is 2.70. The predicted octanol–water partition coefficient (Wildman–Crippen LogP) is 3.95. The second-order valence-corrected chi connectivity index (χ2v) is 7.28. The van der Waals surface area contributed by atoms with Crippen LogP contribution in [0.3, 0.4) is 0 Å². The molecule has 0 aliphatic rings. The number of hydrogen-bond acceptors (Lipinski definition) is 5. The number of allylic oxidation sites excluding steroid dienone is 1. The average molecular weight is 380 g/mol. The first-order valence-electron chi connectivity index (χ1n) is 8.50. The molecule has 0 saturated carbocycles. The van der Waals surface area contributed by atoms with Gasteiger partial charge in [0.25, 0.3) is 5.56 Å². The summed E-state index contributed by atoms with van der Waals surface area (Å²) in [6, 6.07) is 14.2. The molecule has 0 aliphatic carbocycles. The van der Waals surface area contributed by atoms with Crippen molar-refractivity contribution in [1.82, 2.24) is 9.55 Å². The first-order chi connectivity index (χ1) is 13.0. The molecule has 0 radical (unpaired) electrons. The number of nitrogens with zero attached hydrogens (tertiary/aromatic N) is 2. The van der Waals surface area contributed by atoms with Gasteiger partial charge in [0.1, 0.15) is 5.75 Å². The Morgan fingerprint density at radius 2 is 1.96 bits per heavy atom. The van der Waals surface area contributed by atoms with E-state index in [-0.39, 0.29) is 11.3 Å². The van der Waals surface area contributed by atoms with Gasteiger partial charge in [0, 0.05) is 12.1 Å². The van der Waals surface area contributed by atoms with Crippen LogP contribution in [0.5, 0.6) is 5.75 Å². The highest BCUT2D eigenvalue weighted by molar-refractivity contribution is 8.00. The highest BCUT2D eigenvalue weighted by atomic mass is 32.2. The van der Waals surface area contributed by atoms with Crippen molar-refractivity contribution in [3.05, 3.63) is 77.1 Å². The third-order valence-electron chi connectivity index (χ3n) is 4.16. The van der Waals surface area contributed by atoms with Crippen LogP contribution >= 0.6 is 11.8 Å². The number of carbonyl (C=O) groups excluding carboxylic acids is 1. The van der Waals surface area contributed by atoms with Gasteiger partial charge in [-0.3, -0.25) is 14.2 Å². The Labute approximate surface area is 161 Å². The number of Topliss-reactive ketones (excluding diaryl/α,β-unsaturated/α-hetero) is 1. The summed E-state index contributed by atoms with van der Waals surface area (Å²) in [5.41, 5.74) is 1.08. The monoisotopic (exact) mass is 380 g/mol. The second kappa shape index (κ2) is 8.22. The number of hydrogen-bond donors (Lipinski definition) is 0. The zero-order valence-electron chi connectivity index (χ0n) is 15.2. The van der Waals surface area contributed by atoms with E-state index < -0.39 is 5.25 Å². The standard InChI is InChI=1S/C21H20N2O3S/c1-4-13-23-20(25)17-7-5-6-8-18(17)22-21(23)27-14(2)19(24)15-9-11-16(26-3)12-10-15/h4-12,14H,1,13H2,2-3H3/t14-/m1/s1. The fraction of sp³-hybridized carbons (Fsp3) is 0.190. The van der Waals surface area contributed by atoms with Gasteiger partial charge in [-0.25, -0.2) is 4.98 Å². The van der Waals surface area contributed by atoms with Gasteiger partial charge >= 0.3 is 0 Å². The Hall–Kier alpha value is -2.86. The zero-order valence-corrected chi connectivity index (χ0v) is 16.0. The summed E-state index contributed by atoms with van der Waals surface area (Å²) in [5, 5.41) is 0.660. The third kappa shape index (κ3) is 3.95. The molecule has 1 atom stereocenters. The van der Waals surface area contributed by atoms with Gasteiger partial charge in [-0.05, 0) is 43.3 Å². The highest BCUT2D eigenvalue weighted by Gasteiger charge is 2.20. The molecule has 27 heavy (non-hydrogen) atoms. The number of rotatable bonds is 7. The second-order valence-electron chi connectivity index (χ2n) is 5.97. The Kier molecular flexibility index (Phi) is 5.76. The summed E-state index contributed by atoms with van der Waals surface area (Å²) in [6.07, 6.45) is 1.65. The van der Waals surface area contributed by atoms with Crippen LogP contribution in [0.15, 0.2) is 71.1 Å². The van der Waals surface area contributed by atoms with E-state index in [1.807, 2.05) is 19.1 Å². The van der Waals surface area contributed by atoms with Gasteiger partial charge in [-0.1, -0.05) is 30.0 Å².